The van der Waals surface area contributed by atoms with E-state index in [-0.39, 0.29) is 23.8 Å². The summed E-state index contributed by atoms with van der Waals surface area (Å²) in [7, 11) is 0. The summed E-state index contributed by atoms with van der Waals surface area (Å²) in [6.45, 7) is -3.85. The highest BCUT2D eigenvalue weighted by atomic mass is 16.7. The maximum Gasteiger partial charge on any atom is 0.318 e. The van der Waals surface area contributed by atoms with E-state index >= 15 is 14.4 Å². The van der Waals surface area contributed by atoms with Crippen molar-refractivity contribution in [2.24, 2.45) is 0 Å². The van der Waals surface area contributed by atoms with Crippen LogP contribution >= 0.6 is 0 Å². The molecule has 25 atom stereocenters. The van der Waals surface area contributed by atoms with Crippen LogP contribution in [0.3, 0.4) is 0 Å². The number of guanidine groups is 2. The second-order valence-corrected chi connectivity index (χ2v) is 26.3. The first-order valence-electron chi connectivity index (χ1n) is 34.0. The lowest BCUT2D eigenvalue weighted by molar-refractivity contribution is -0.352. The third-order valence-electron chi connectivity index (χ3n) is 19.3. The van der Waals surface area contributed by atoms with E-state index in [4.69, 9.17) is 39.2 Å². The predicted molar refractivity (Wildman–Crippen MR) is 360 cm³/mol. The molecule has 6 fully saturated rings. The molecule has 0 aromatic heterocycles. The van der Waals surface area contributed by atoms with E-state index in [0.717, 1.165) is 4.90 Å². The van der Waals surface area contributed by atoms with Crippen molar-refractivity contribution in [1.29, 1.82) is 10.8 Å². The first kappa shape index (κ1) is 79.4. The summed E-state index contributed by atoms with van der Waals surface area (Å²) in [5.41, 5.74) is 1.73. The summed E-state index contributed by atoms with van der Waals surface area (Å²) < 4.78 is 35.4. The molecule has 576 valence electrons. The van der Waals surface area contributed by atoms with Gasteiger partial charge in [0, 0.05) is 25.4 Å². The second-order valence-electron chi connectivity index (χ2n) is 26.3. The average Bonchev–Trinajstić information content (AvgIpc) is 1.52. The lowest BCUT2D eigenvalue weighted by atomic mass is 9.91. The zero-order valence-corrected chi connectivity index (χ0v) is 56.7. The molecule has 0 radical (unpaired) electrons. The minimum atomic E-state index is -2.38. The number of rotatable bonds is 21. The highest BCUT2D eigenvalue weighted by Gasteiger charge is 2.55. The first-order valence-corrected chi connectivity index (χ1v) is 34.0. The van der Waals surface area contributed by atoms with E-state index in [0.29, 0.717) is 16.7 Å². The quantitative estimate of drug-likeness (QED) is 0.0345. The number of nitrogens with one attached hydrogen (secondary N) is 11. The Balaban J connectivity index is 0.960. The molecule has 0 aliphatic carbocycles. The zero-order chi connectivity index (χ0) is 76.4. The molecule has 0 saturated carbocycles. The van der Waals surface area contributed by atoms with Gasteiger partial charge in [0.05, 0.1) is 38.4 Å². The number of hydrogen-bond donors (Lipinski definition) is 24. The lowest BCUT2D eigenvalue weighted by Gasteiger charge is -2.46. The topological polar surface area (TPSA) is 597 Å². The van der Waals surface area contributed by atoms with Gasteiger partial charge in [-0.25, -0.2) is 0 Å². The monoisotopic (exact) mass is 1490 g/mol. The Morgan fingerprint density at radius 3 is 1.66 bits per heavy atom. The molecule has 6 aliphatic heterocycles. The van der Waals surface area contributed by atoms with Crippen LogP contribution in [0.1, 0.15) is 41.0 Å². The fraction of sp³-hybridized carbons (Fsp3) is 0.515. The molecule has 4 aromatic rings. The van der Waals surface area contributed by atoms with Crippen LogP contribution in [-0.2, 0) is 63.7 Å². The number of aliphatic hydroxyl groups is 13. The van der Waals surface area contributed by atoms with Gasteiger partial charge in [0.2, 0.25) is 41.7 Å². The van der Waals surface area contributed by atoms with Crippen LogP contribution in [0.2, 0.25) is 0 Å². The fourth-order valence-electron chi connectivity index (χ4n) is 13.3. The van der Waals surface area contributed by atoms with Gasteiger partial charge in [0.1, 0.15) is 134 Å². The largest absolute Gasteiger partial charge is 0.462 e. The van der Waals surface area contributed by atoms with Crippen LogP contribution in [0.15, 0.2) is 115 Å². The number of aliphatic hydroxyl groups excluding tert-OH is 13. The summed E-state index contributed by atoms with van der Waals surface area (Å²) in [5, 5.41) is 183. The maximum absolute atomic E-state index is 15.3. The third-order valence-corrected chi connectivity index (χ3v) is 19.3. The molecule has 24 N–H and O–H groups in total. The molecular formula is C68H88N12O26. The van der Waals surface area contributed by atoms with Gasteiger partial charge in [-0.15, -0.1) is 0 Å². The van der Waals surface area contributed by atoms with Gasteiger partial charge in [0.15, 0.2) is 24.4 Å². The Bertz CT molecular complexity index is 3660. The normalized spacial score (nSPS) is 33.8. The molecule has 6 heterocycles. The summed E-state index contributed by atoms with van der Waals surface area (Å²) in [6.07, 6.45) is -32.9. The Morgan fingerprint density at radius 2 is 1.07 bits per heavy atom. The molecular weight excluding hydrogens is 1400 g/mol. The molecule has 4 aromatic carbocycles. The molecule has 6 aliphatic rings. The van der Waals surface area contributed by atoms with Crippen molar-refractivity contribution in [1.82, 2.24) is 52.8 Å². The number of ether oxygens (including phenoxy) is 6. The number of esters is 1. The standard InChI is InChI=1S/C68H88N12O26/c1-29(31-11-5-2-6-12-31)44-60(97)74-35(21-30-17-19-34(20-18-30)102-65-56(94)53(91)57(106-66-55(93)52(90)50(88)40(27-83)104-66)41(105-65)28-101-64(100)43(32-13-7-3-8-14-32)33-15-9-4-10-16-33)59(96)78-45(47(85)36-22-72-67(69)76-36)62(99)79-46(61(98)75-37(25-81)58(95)71-24-42(84)77-44)48(86)38-23-73-68(70)80(38)63-54(92)51(89)49(87)39(26-82)103-63/h2-20,29,35-41,43-57,63,65-66,81-83,85-94H,21-28H2,1H3,(H2,70,73)(H,71,95)(H,74,97)(H,75,98)(H,77,84)(H,78,96)(H,79,99)(H3,69,72,76). The Morgan fingerprint density at radius 1 is 0.528 bits per heavy atom. The van der Waals surface area contributed by atoms with Gasteiger partial charge >= 0.3 is 5.97 Å². The second kappa shape index (κ2) is 35.5. The smallest absolute Gasteiger partial charge is 0.318 e. The van der Waals surface area contributed by atoms with Crippen LogP contribution in [0.5, 0.6) is 5.75 Å². The summed E-state index contributed by atoms with van der Waals surface area (Å²) in [5.74, 6) is -11.3. The third kappa shape index (κ3) is 18.1. The number of benzene rings is 4. The van der Waals surface area contributed by atoms with Crippen molar-refractivity contribution < 1.29 is 128 Å². The highest BCUT2D eigenvalue weighted by Crippen LogP contribution is 2.34. The molecule has 6 amide bonds. The number of amides is 6. The van der Waals surface area contributed by atoms with Gasteiger partial charge in [0.25, 0.3) is 0 Å². The molecule has 10 rings (SSSR count). The van der Waals surface area contributed by atoms with Gasteiger partial charge in [-0.05, 0) is 34.4 Å². The fourth-order valence-corrected chi connectivity index (χ4v) is 13.3. The molecule has 106 heavy (non-hydrogen) atoms. The molecule has 38 nitrogen and oxygen atoms in total. The van der Waals surface area contributed by atoms with Crippen molar-refractivity contribution >= 4 is 53.3 Å². The Hall–Kier alpha value is -9.17. The first-order chi connectivity index (χ1) is 50.7. The maximum atomic E-state index is 15.3. The van der Waals surface area contributed by atoms with Crippen LogP contribution < -0.4 is 52.6 Å². The van der Waals surface area contributed by atoms with E-state index in [9.17, 15) is 85.6 Å². The SMILES string of the molecule is CC(c1ccccc1)C1NC(=O)CNC(=O)C(CO)NC(=O)C(C(O)C2CNC(=N)N2C2OC(CO)C(O)C(O)C2O)NC(=O)C(C(O)C2CNC(=N)N2)NC(=O)C(Cc2ccc(OC3OC(COC(=O)C(c4ccccc4)c4ccccc4)C(OC4OC(CO)C(O)C(O)C4O)C(O)C3O)cc2)NC1=O. The Kier molecular flexibility index (Phi) is 26.6. The highest BCUT2D eigenvalue weighted by molar-refractivity contribution is 5.98. The molecule has 25 unspecified atom stereocenters. The number of nitrogens with zero attached hydrogens (tertiary/aromatic N) is 1. The number of carbonyl (C=O) groups excluding carboxylic acids is 7. The van der Waals surface area contributed by atoms with Gasteiger partial charge in [-0.1, -0.05) is 110 Å². The predicted octanol–water partition coefficient (Wildman–Crippen LogP) is -9.81. The minimum Gasteiger partial charge on any atom is -0.462 e. The van der Waals surface area contributed by atoms with Crippen molar-refractivity contribution in [3.8, 4) is 5.75 Å². The zero-order valence-electron chi connectivity index (χ0n) is 56.7. The van der Waals surface area contributed by atoms with Gasteiger partial charge < -0.3 is 148 Å². The Labute approximate surface area is 604 Å². The summed E-state index contributed by atoms with van der Waals surface area (Å²) >= 11 is 0. The van der Waals surface area contributed by atoms with E-state index < -0.39 is 252 Å². The van der Waals surface area contributed by atoms with Crippen molar-refractivity contribution in [3.63, 3.8) is 0 Å². The number of hydrogen-bond acceptors (Lipinski definition) is 28. The average molecular weight is 1490 g/mol. The van der Waals surface area contributed by atoms with Gasteiger partial charge in [-0.3, -0.25) is 44.4 Å². The van der Waals surface area contributed by atoms with Crippen molar-refractivity contribution in [2.45, 2.75) is 172 Å². The number of carbonyl (C=O) groups is 7. The van der Waals surface area contributed by atoms with Crippen molar-refractivity contribution in [2.75, 3.05) is 46.1 Å². The summed E-state index contributed by atoms with van der Waals surface area (Å²) in [6, 6.07) is 17.7. The van der Waals surface area contributed by atoms with Gasteiger partial charge in [-0.2, -0.15) is 0 Å². The minimum absolute atomic E-state index is 0.113. The van der Waals surface area contributed by atoms with E-state index in [1.807, 2.05) is 0 Å². The van der Waals surface area contributed by atoms with E-state index in [2.05, 4.69) is 47.9 Å². The van der Waals surface area contributed by atoms with Crippen molar-refractivity contribution in [3.05, 3.63) is 138 Å². The molecule has 0 spiro atoms. The van der Waals surface area contributed by atoms with Crippen LogP contribution in [-0.4, -0.2) is 317 Å². The molecule has 0 bridgehead atoms. The van der Waals surface area contributed by atoms with E-state index in [1.54, 1.807) is 97.9 Å². The summed E-state index contributed by atoms with van der Waals surface area (Å²) in [4.78, 5) is 103. The van der Waals surface area contributed by atoms with Crippen LogP contribution in [0.4, 0.5) is 0 Å². The molecule has 38 heteroatoms. The van der Waals surface area contributed by atoms with E-state index in [1.165, 1.54) is 24.3 Å². The lowest BCUT2D eigenvalue weighted by Crippen LogP contribution is -2.69. The van der Waals surface area contributed by atoms with Crippen LogP contribution in [0.25, 0.3) is 0 Å². The van der Waals surface area contributed by atoms with Crippen LogP contribution in [0, 0.1) is 10.8 Å². The molecule has 6 saturated heterocycles.